The molecular weight excluding hydrogens is 240 g/mol. The number of halogens is 2. The number of benzene rings is 1. The van der Waals surface area contributed by atoms with Crippen molar-refractivity contribution in [1.82, 2.24) is 15.5 Å². The highest BCUT2D eigenvalue weighted by Gasteiger charge is 2.21. The maximum absolute atomic E-state index is 13.0. The van der Waals surface area contributed by atoms with Gasteiger partial charge in [-0.2, -0.15) is 4.98 Å². The molecular formula is C12H11F2N3O. The highest BCUT2D eigenvalue weighted by molar-refractivity contribution is 5.54. The van der Waals surface area contributed by atoms with Crippen LogP contribution in [0.15, 0.2) is 22.7 Å². The van der Waals surface area contributed by atoms with E-state index in [0.717, 1.165) is 18.9 Å². The van der Waals surface area contributed by atoms with Gasteiger partial charge in [0.05, 0.1) is 6.54 Å². The average Bonchev–Trinajstić information content (AvgIpc) is 3.02. The molecule has 3 rings (SSSR count). The van der Waals surface area contributed by atoms with E-state index in [0.29, 0.717) is 18.5 Å². The fourth-order valence-electron chi connectivity index (χ4n) is 1.65. The van der Waals surface area contributed by atoms with Gasteiger partial charge in [0, 0.05) is 17.7 Å². The lowest BCUT2D eigenvalue weighted by molar-refractivity contribution is 0.367. The van der Waals surface area contributed by atoms with E-state index in [9.17, 15) is 8.78 Å². The number of hydrogen-bond donors (Lipinski definition) is 1. The molecule has 0 aliphatic heterocycles. The fraction of sp³-hybridized carbons (Fsp3) is 0.333. The third-order valence-electron chi connectivity index (χ3n) is 2.71. The number of aromatic nitrogens is 2. The van der Waals surface area contributed by atoms with E-state index in [1.54, 1.807) is 0 Å². The monoisotopic (exact) mass is 251 g/mol. The standard InChI is InChI=1S/C12H11F2N3O/c13-8-3-7(4-9(14)5-8)12-16-11(18-17-12)6-15-10-1-2-10/h3-5,10,15H,1-2,6H2. The molecule has 0 amide bonds. The first-order chi connectivity index (χ1) is 8.70. The highest BCUT2D eigenvalue weighted by atomic mass is 19.1. The van der Waals surface area contributed by atoms with E-state index in [-0.39, 0.29) is 11.4 Å². The molecule has 1 aliphatic carbocycles. The Kier molecular flexibility index (Phi) is 2.79. The van der Waals surface area contributed by atoms with Crippen molar-refractivity contribution in [1.29, 1.82) is 0 Å². The Hall–Kier alpha value is -1.82. The lowest BCUT2D eigenvalue weighted by atomic mass is 10.2. The number of nitrogens with one attached hydrogen (secondary N) is 1. The smallest absolute Gasteiger partial charge is 0.240 e. The zero-order valence-electron chi connectivity index (χ0n) is 9.49. The van der Waals surface area contributed by atoms with Crippen LogP contribution in [0.3, 0.4) is 0 Å². The molecule has 0 radical (unpaired) electrons. The summed E-state index contributed by atoms with van der Waals surface area (Å²) in [5.74, 6) is -0.706. The first-order valence-electron chi connectivity index (χ1n) is 5.73. The van der Waals surface area contributed by atoms with Gasteiger partial charge in [0.25, 0.3) is 0 Å². The Labute approximate surface area is 102 Å². The van der Waals surface area contributed by atoms with Crippen LogP contribution in [-0.4, -0.2) is 16.2 Å². The van der Waals surface area contributed by atoms with E-state index < -0.39 is 11.6 Å². The molecule has 1 aromatic carbocycles. The second-order valence-electron chi connectivity index (χ2n) is 4.33. The molecule has 0 atom stereocenters. The Morgan fingerprint density at radius 1 is 1.22 bits per heavy atom. The molecule has 4 nitrogen and oxygen atoms in total. The Bertz CT molecular complexity index is 546. The highest BCUT2D eigenvalue weighted by Crippen LogP contribution is 2.21. The number of rotatable bonds is 4. The number of nitrogens with zero attached hydrogens (tertiary/aromatic N) is 2. The van der Waals surface area contributed by atoms with E-state index in [1.165, 1.54) is 12.1 Å². The molecule has 0 unspecified atom stereocenters. The topological polar surface area (TPSA) is 51.0 Å². The molecule has 18 heavy (non-hydrogen) atoms. The van der Waals surface area contributed by atoms with Crippen LogP contribution in [-0.2, 0) is 6.54 Å². The van der Waals surface area contributed by atoms with Crippen LogP contribution < -0.4 is 5.32 Å². The van der Waals surface area contributed by atoms with Crippen molar-refractivity contribution in [3.63, 3.8) is 0 Å². The van der Waals surface area contributed by atoms with Crippen LogP contribution >= 0.6 is 0 Å². The van der Waals surface area contributed by atoms with E-state index in [2.05, 4.69) is 15.5 Å². The van der Waals surface area contributed by atoms with Gasteiger partial charge in [0.1, 0.15) is 11.6 Å². The first-order valence-corrected chi connectivity index (χ1v) is 5.73. The summed E-state index contributed by atoms with van der Waals surface area (Å²) in [5, 5.41) is 6.92. The molecule has 1 aromatic heterocycles. The summed E-state index contributed by atoms with van der Waals surface area (Å²) in [6.45, 7) is 0.482. The zero-order chi connectivity index (χ0) is 12.5. The molecule has 0 saturated heterocycles. The summed E-state index contributed by atoms with van der Waals surface area (Å²) >= 11 is 0. The van der Waals surface area contributed by atoms with Crippen LogP contribution in [0.2, 0.25) is 0 Å². The van der Waals surface area contributed by atoms with Gasteiger partial charge in [-0.15, -0.1) is 0 Å². The van der Waals surface area contributed by atoms with Crippen molar-refractivity contribution in [2.75, 3.05) is 0 Å². The van der Waals surface area contributed by atoms with Crippen molar-refractivity contribution in [3.05, 3.63) is 35.7 Å². The lowest BCUT2D eigenvalue weighted by Gasteiger charge is -1.96. The van der Waals surface area contributed by atoms with Crippen molar-refractivity contribution in [2.45, 2.75) is 25.4 Å². The summed E-state index contributed by atoms with van der Waals surface area (Å²) in [6.07, 6.45) is 2.33. The van der Waals surface area contributed by atoms with Crippen molar-refractivity contribution < 1.29 is 13.3 Å². The molecule has 2 aromatic rings. The summed E-state index contributed by atoms with van der Waals surface area (Å²) in [5.41, 5.74) is 0.272. The van der Waals surface area contributed by atoms with Crippen LogP contribution in [0.25, 0.3) is 11.4 Å². The third kappa shape index (κ3) is 2.53. The quantitative estimate of drug-likeness (QED) is 0.905. The van der Waals surface area contributed by atoms with Crippen LogP contribution in [0.4, 0.5) is 8.78 Å². The molecule has 94 valence electrons. The normalized spacial score (nSPS) is 15.0. The van der Waals surface area contributed by atoms with Crippen LogP contribution in [0.1, 0.15) is 18.7 Å². The largest absolute Gasteiger partial charge is 0.338 e. The van der Waals surface area contributed by atoms with Gasteiger partial charge in [0.15, 0.2) is 0 Å². The maximum Gasteiger partial charge on any atom is 0.240 e. The molecule has 1 N–H and O–H groups in total. The molecule has 0 bridgehead atoms. The summed E-state index contributed by atoms with van der Waals surface area (Å²) < 4.78 is 31.1. The predicted molar refractivity (Wildman–Crippen MR) is 59.5 cm³/mol. The number of hydrogen-bond acceptors (Lipinski definition) is 4. The van der Waals surface area contributed by atoms with Crippen LogP contribution in [0.5, 0.6) is 0 Å². The van der Waals surface area contributed by atoms with E-state index in [4.69, 9.17) is 4.52 Å². The van der Waals surface area contributed by atoms with Gasteiger partial charge in [-0.05, 0) is 25.0 Å². The van der Waals surface area contributed by atoms with Gasteiger partial charge in [-0.25, -0.2) is 8.78 Å². The first kappa shape index (κ1) is 11.3. The second kappa shape index (κ2) is 4.45. The van der Waals surface area contributed by atoms with Gasteiger partial charge in [-0.1, -0.05) is 5.16 Å². The average molecular weight is 251 g/mol. The van der Waals surface area contributed by atoms with Gasteiger partial charge in [-0.3, -0.25) is 0 Å². The third-order valence-corrected chi connectivity index (χ3v) is 2.71. The molecule has 1 fully saturated rings. The van der Waals surface area contributed by atoms with Crippen molar-refractivity contribution in [2.24, 2.45) is 0 Å². The summed E-state index contributed by atoms with van der Waals surface area (Å²) in [7, 11) is 0. The minimum atomic E-state index is -0.660. The minimum absolute atomic E-state index is 0.195. The lowest BCUT2D eigenvalue weighted by Crippen LogP contribution is -2.15. The summed E-state index contributed by atoms with van der Waals surface area (Å²) in [6, 6.07) is 3.68. The van der Waals surface area contributed by atoms with Crippen LogP contribution in [0, 0.1) is 11.6 Å². The van der Waals surface area contributed by atoms with Gasteiger partial charge < -0.3 is 9.84 Å². The Morgan fingerprint density at radius 3 is 2.61 bits per heavy atom. The summed E-state index contributed by atoms with van der Waals surface area (Å²) in [4.78, 5) is 4.09. The van der Waals surface area contributed by atoms with Gasteiger partial charge in [0.2, 0.25) is 11.7 Å². The molecule has 6 heteroatoms. The van der Waals surface area contributed by atoms with Gasteiger partial charge >= 0.3 is 0 Å². The Balaban J connectivity index is 1.78. The molecule has 0 spiro atoms. The van der Waals surface area contributed by atoms with Crippen molar-refractivity contribution >= 4 is 0 Å². The van der Waals surface area contributed by atoms with E-state index in [1.807, 2.05) is 0 Å². The maximum atomic E-state index is 13.0. The van der Waals surface area contributed by atoms with E-state index >= 15 is 0 Å². The SMILES string of the molecule is Fc1cc(F)cc(-c2noc(CNC3CC3)n2)c1. The fourth-order valence-corrected chi connectivity index (χ4v) is 1.65. The Morgan fingerprint density at radius 2 is 1.94 bits per heavy atom. The molecule has 1 aliphatic rings. The zero-order valence-corrected chi connectivity index (χ0v) is 9.49. The predicted octanol–water partition coefficient (Wildman–Crippen LogP) is 2.27. The minimum Gasteiger partial charge on any atom is -0.338 e. The second-order valence-corrected chi connectivity index (χ2v) is 4.33. The van der Waals surface area contributed by atoms with Crippen molar-refractivity contribution in [3.8, 4) is 11.4 Å². The molecule has 1 heterocycles. The molecule has 1 saturated carbocycles.